The van der Waals surface area contributed by atoms with Crippen LogP contribution >= 0.6 is 11.6 Å². The van der Waals surface area contributed by atoms with Gasteiger partial charge in [-0.3, -0.25) is 5.11 Å². The monoisotopic (exact) mass is 91.0 g/mol. The van der Waals surface area contributed by atoms with E-state index >= 15 is 0 Å². The smallest absolute Gasteiger partial charge is 0.157 e. The van der Waals surface area contributed by atoms with Gasteiger partial charge < -0.3 is 0 Å². The Morgan fingerprint density at radius 3 is 2.20 bits per heavy atom. The van der Waals surface area contributed by atoms with Gasteiger partial charge in [-0.2, -0.15) is 0 Å². The number of rotatable bonds is 0. The minimum atomic E-state index is 0.296. The number of allylic oxidation sites excluding steroid dienone is 1. The van der Waals surface area contributed by atoms with Crippen LogP contribution < -0.4 is 0 Å². The van der Waals surface area contributed by atoms with Crippen molar-refractivity contribution in [1.82, 2.24) is 0 Å². The fourth-order valence-electron chi connectivity index (χ4n) is 0. The molecule has 0 fully saturated rings. The molecule has 0 spiro atoms. The summed E-state index contributed by atoms with van der Waals surface area (Å²) in [5, 5.41) is 9.63. The number of halogens is 1. The maximum atomic E-state index is 9.34. The third-order valence-corrected chi connectivity index (χ3v) is 0.251. The van der Waals surface area contributed by atoms with Crippen LogP contribution in [-0.4, -0.2) is 0 Å². The van der Waals surface area contributed by atoms with E-state index in [1.165, 1.54) is 6.92 Å². The summed E-state index contributed by atoms with van der Waals surface area (Å²) >= 11 is 5.01. The van der Waals surface area contributed by atoms with Gasteiger partial charge in [0, 0.05) is 0 Å². The fraction of sp³-hybridized carbons (Fsp3) is 0.333. The van der Waals surface area contributed by atoms with Crippen molar-refractivity contribution in [2.24, 2.45) is 0 Å². The summed E-state index contributed by atoms with van der Waals surface area (Å²) in [6.07, 6.45) is 0.599. The lowest BCUT2D eigenvalue weighted by Gasteiger charge is -1.66. The molecule has 0 rings (SSSR count). The predicted molar refractivity (Wildman–Crippen MR) is 20.3 cm³/mol. The SMILES string of the molecule is C/C(Cl)=C\[O]. The average molecular weight is 91.5 g/mol. The highest BCUT2D eigenvalue weighted by Crippen LogP contribution is 1.92. The van der Waals surface area contributed by atoms with Gasteiger partial charge in [0.1, 0.15) is 0 Å². The van der Waals surface area contributed by atoms with E-state index in [9.17, 15) is 5.11 Å². The summed E-state index contributed by atoms with van der Waals surface area (Å²) in [5.41, 5.74) is 0. The van der Waals surface area contributed by atoms with E-state index in [0.717, 1.165) is 0 Å². The second kappa shape index (κ2) is 2.09. The molecular weight excluding hydrogens is 87.5 g/mol. The molecule has 0 aliphatic rings. The molecule has 0 aliphatic carbocycles. The Bertz CT molecular complexity index is 44.9. The first-order chi connectivity index (χ1) is 2.27. The molecule has 0 unspecified atom stereocenters. The summed E-state index contributed by atoms with van der Waals surface area (Å²) < 4.78 is 0. The van der Waals surface area contributed by atoms with Gasteiger partial charge in [-0.05, 0) is 6.92 Å². The summed E-state index contributed by atoms with van der Waals surface area (Å²) in [4.78, 5) is 0. The minimum absolute atomic E-state index is 0.296. The lowest BCUT2D eigenvalue weighted by atomic mass is 10.7. The first kappa shape index (κ1) is 4.83. The first-order valence-electron chi connectivity index (χ1n) is 1.21. The fourth-order valence-corrected chi connectivity index (χ4v) is 0. The molecule has 29 valence electrons. The lowest BCUT2D eigenvalue weighted by molar-refractivity contribution is 0.349. The Kier molecular flexibility index (Phi) is 2.02. The molecule has 0 saturated carbocycles. The van der Waals surface area contributed by atoms with Crippen LogP contribution in [0, 0.1) is 0 Å². The van der Waals surface area contributed by atoms with Gasteiger partial charge >= 0.3 is 0 Å². The third kappa shape index (κ3) is 3.83. The normalized spacial score (nSPS) is 12.0. The van der Waals surface area contributed by atoms with E-state index in [1.807, 2.05) is 0 Å². The quantitative estimate of drug-likeness (QED) is 0.403. The van der Waals surface area contributed by atoms with Gasteiger partial charge in [0.15, 0.2) is 6.26 Å². The zero-order valence-corrected chi connectivity index (χ0v) is 3.62. The molecule has 0 heterocycles. The maximum Gasteiger partial charge on any atom is 0.157 e. The van der Waals surface area contributed by atoms with Crippen LogP contribution in [0.4, 0.5) is 0 Å². The highest BCUT2D eigenvalue weighted by atomic mass is 35.5. The molecule has 0 amide bonds. The van der Waals surface area contributed by atoms with E-state index in [2.05, 4.69) is 0 Å². The Balaban J connectivity index is 3.14. The standard InChI is InChI=1S/C3H4ClO/c1-3(4)2-5/h2H,1H3/b3-2+. The van der Waals surface area contributed by atoms with Gasteiger partial charge in [-0.25, -0.2) is 0 Å². The summed E-state index contributed by atoms with van der Waals surface area (Å²) in [6.45, 7) is 1.54. The molecule has 0 saturated heterocycles. The number of hydrogen-bond donors (Lipinski definition) is 0. The van der Waals surface area contributed by atoms with Crippen LogP contribution in [0.2, 0.25) is 0 Å². The Hall–Kier alpha value is -0.170. The van der Waals surface area contributed by atoms with Crippen LogP contribution in [0.5, 0.6) is 0 Å². The van der Waals surface area contributed by atoms with Crippen molar-refractivity contribution in [3.05, 3.63) is 11.3 Å². The van der Waals surface area contributed by atoms with Crippen molar-refractivity contribution >= 4 is 11.6 Å². The molecule has 0 aromatic heterocycles. The van der Waals surface area contributed by atoms with Gasteiger partial charge in [-0.15, -0.1) is 0 Å². The Labute approximate surface area is 35.9 Å². The zero-order valence-electron chi connectivity index (χ0n) is 2.86. The van der Waals surface area contributed by atoms with E-state index in [4.69, 9.17) is 11.6 Å². The number of hydrogen-bond acceptors (Lipinski definition) is 0. The van der Waals surface area contributed by atoms with Gasteiger partial charge in [0.05, 0.1) is 5.03 Å². The lowest BCUT2D eigenvalue weighted by Crippen LogP contribution is -1.48. The van der Waals surface area contributed by atoms with Crippen LogP contribution in [0.25, 0.3) is 0 Å². The molecule has 5 heavy (non-hydrogen) atoms. The van der Waals surface area contributed by atoms with Crippen molar-refractivity contribution < 1.29 is 5.11 Å². The van der Waals surface area contributed by atoms with E-state index in [0.29, 0.717) is 11.3 Å². The first-order valence-corrected chi connectivity index (χ1v) is 1.59. The Morgan fingerprint density at radius 1 is 2.00 bits per heavy atom. The van der Waals surface area contributed by atoms with Crippen molar-refractivity contribution in [2.45, 2.75) is 6.92 Å². The highest BCUT2D eigenvalue weighted by molar-refractivity contribution is 6.29. The Morgan fingerprint density at radius 2 is 2.20 bits per heavy atom. The molecule has 2 heteroatoms. The third-order valence-electron chi connectivity index (χ3n) is 0.162. The molecule has 1 nitrogen and oxygen atoms in total. The molecule has 1 radical (unpaired) electrons. The summed E-state index contributed by atoms with van der Waals surface area (Å²) in [5.74, 6) is 0. The van der Waals surface area contributed by atoms with Gasteiger partial charge in [0.25, 0.3) is 0 Å². The molecule has 0 N–H and O–H groups in total. The van der Waals surface area contributed by atoms with Crippen LogP contribution in [-0.2, 0) is 5.11 Å². The van der Waals surface area contributed by atoms with Crippen molar-refractivity contribution in [3.8, 4) is 0 Å². The second-order valence-electron chi connectivity index (χ2n) is 0.705. The molecular formula is C3H4ClO. The molecule has 0 atom stereocenters. The predicted octanol–water partition coefficient (Wildman–Crippen LogP) is 1.52. The average Bonchev–Trinajstić information content (AvgIpc) is 1.38. The molecule has 0 bridgehead atoms. The van der Waals surface area contributed by atoms with E-state index in [1.54, 1.807) is 0 Å². The molecule has 0 aromatic rings. The van der Waals surface area contributed by atoms with Crippen molar-refractivity contribution in [3.63, 3.8) is 0 Å². The highest BCUT2D eigenvalue weighted by Gasteiger charge is 1.69. The molecule has 0 aliphatic heterocycles. The maximum absolute atomic E-state index is 9.34. The molecule has 0 aromatic carbocycles. The zero-order chi connectivity index (χ0) is 4.28. The van der Waals surface area contributed by atoms with Crippen molar-refractivity contribution in [1.29, 1.82) is 0 Å². The second-order valence-corrected chi connectivity index (χ2v) is 1.30. The summed E-state index contributed by atoms with van der Waals surface area (Å²) in [6, 6.07) is 0. The van der Waals surface area contributed by atoms with Gasteiger partial charge in [0.2, 0.25) is 0 Å². The summed E-state index contributed by atoms with van der Waals surface area (Å²) in [7, 11) is 0. The van der Waals surface area contributed by atoms with E-state index in [-0.39, 0.29) is 0 Å². The van der Waals surface area contributed by atoms with Crippen molar-refractivity contribution in [2.75, 3.05) is 0 Å². The van der Waals surface area contributed by atoms with Crippen LogP contribution in [0.1, 0.15) is 6.92 Å². The van der Waals surface area contributed by atoms with Gasteiger partial charge in [-0.1, -0.05) is 11.6 Å². The minimum Gasteiger partial charge on any atom is -0.297 e. The van der Waals surface area contributed by atoms with Crippen LogP contribution in [0.3, 0.4) is 0 Å². The van der Waals surface area contributed by atoms with E-state index < -0.39 is 0 Å². The van der Waals surface area contributed by atoms with Crippen LogP contribution in [0.15, 0.2) is 11.3 Å². The largest absolute Gasteiger partial charge is 0.297 e. The topological polar surface area (TPSA) is 19.9 Å².